The van der Waals surface area contributed by atoms with Gasteiger partial charge in [0.15, 0.2) is 11.0 Å². The molecule has 3 rings (SSSR count). The normalized spacial score (nSPS) is 18.6. The summed E-state index contributed by atoms with van der Waals surface area (Å²) in [5, 5.41) is 11.1. The zero-order chi connectivity index (χ0) is 20.3. The minimum absolute atomic E-state index is 0.126. The molecule has 0 aliphatic carbocycles. The van der Waals surface area contributed by atoms with E-state index in [1.807, 2.05) is 4.90 Å². The Bertz CT molecular complexity index is 811. The molecule has 1 aliphatic rings. The van der Waals surface area contributed by atoms with E-state index in [1.54, 1.807) is 19.1 Å². The minimum atomic E-state index is -4.37. The first-order chi connectivity index (χ1) is 13.2. The zero-order valence-electron chi connectivity index (χ0n) is 15.2. The number of hydrogen-bond acceptors (Lipinski definition) is 4. The number of alkyl halides is 3. The molecule has 1 saturated heterocycles. The fraction of sp³-hybridized carbons (Fsp3) is 0.421. The van der Waals surface area contributed by atoms with Crippen molar-refractivity contribution < 1.29 is 18.0 Å². The summed E-state index contributed by atoms with van der Waals surface area (Å²) in [6.07, 6.45) is -2.80. The maximum atomic E-state index is 12.7. The Balaban J connectivity index is 1.61. The highest BCUT2D eigenvalue weighted by Gasteiger charge is 2.31. The summed E-state index contributed by atoms with van der Waals surface area (Å²) in [5.74, 6) is 0.305. The molecule has 1 N–H and O–H groups in total. The molecular weight excluding hydrogens is 393 g/mol. The number of nitrogens with one attached hydrogen (secondary N) is 1. The van der Waals surface area contributed by atoms with Crippen molar-refractivity contribution in [1.82, 2.24) is 15.5 Å². The number of amides is 1. The third-order valence-electron chi connectivity index (χ3n) is 4.83. The molecule has 2 heterocycles. The summed E-state index contributed by atoms with van der Waals surface area (Å²) in [6, 6.07) is 7.87. The lowest BCUT2D eigenvalue weighted by Gasteiger charge is -2.33. The van der Waals surface area contributed by atoms with Gasteiger partial charge in [0.1, 0.15) is 0 Å². The van der Waals surface area contributed by atoms with Crippen LogP contribution in [0.3, 0.4) is 0 Å². The van der Waals surface area contributed by atoms with Crippen LogP contribution in [0.2, 0.25) is 5.15 Å². The molecule has 0 unspecified atom stereocenters. The van der Waals surface area contributed by atoms with Crippen molar-refractivity contribution in [2.75, 3.05) is 18.0 Å². The second-order valence-electron chi connectivity index (χ2n) is 6.85. The van der Waals surface area contributed by atoms with Crippen LogP contribution in [0.15, 0.2) is 36.4 Å². The van der Waals surface area contributed by atoms with Crippen LogP contribution in [0, 0.1) is 5.92 Å². The van der Waals surface area contributed by atoms with Crippen molar-refractivity contribution in [3.05, 3.63) is 52.7 Å². The monoisotopic (exact) mass is 412 g/mol. The van der Waals surface area contributed by atoms with Crippen LogP contribution in [0.5, 0.6) is 0 Å². The van der Waals surface area contributed by atoms with E-state index in [2.05, 4.69) is 15.5 Å². The number of halogens is 4. The summed E-state index contributed by atoms with van der Waals surface area (Å²) >= 11 is 5.76. The van der Waals surface area contributed by atoms with Crippen LogP contribution in [-0.2, 0) is 11.0 Å². The van der Waals surface area contributed by atoms with E-state index in [1.165, 1.54) is 12.1 Å². The van der Waals surface area contributed by atoms with E-state index >= 15 is 0 Å². The van der Waals surface area contributed by atoms with Crippen molar-refractivity contribution in [2.45, 2.75) is 32.0 Å². The van der Waals surface area contributed by atoms with E-state index in [0.717, 1.165) is 31.5 Å². The van der Waals surface area contributed by atoms with Crippen LogP contribution in [0.1, 0.15) is 36.9 Å². The summed E-state index contributed by atoms with van der Waals surface area (Å²) in [5.41, 5.74) is -0.0839. The predicted octanol–water partition coefficient (Wildman–Crippen LogP) is 4.24. The highest BCUT2D eigenvalue weighted by atomic mass is 35.5. The van der Waals surface area contributed by atoms with Gasteiger partial charge in [0.05, 0.1) is 17.5 Å². The first kappa shape index (κ1) is 20.4. The van der Waals surface area contributed by atoms with Crippen molar-refractivity contribution >= 4 is 23.3 Å². The number of rotatable bonds is 4. The van der Waals surface area contributed by atoms with Crippen LogP contribution in [0.25, 0.3) is 0 Å². The van der Waals surface area contributed by atoms with Crippen molar-refractivity contribution in [1.29, 1.82) is 0 Å². The van der Waals surface area contributed by atoms with Gasteiger partial charge in [0, 0.05) is 13.1 Å². The number of aromatic nitrogens is 2. The fourth-order valence-corrected chi connectivity index (χ4v) is 3.35. The molecule has 5 nitrogen and oxygen atoms in total. The Hall–Kier alpha value is -2.35. The number of benzene rings is 1. The molecule has 150 valence electrons. The minimum Gasteiger partial charge on any atom is -0.354 e. The topological polar surface area (TPSA) is 58.1 Å². The van der Waals surface area contributed by atoms with Crippen molar-refractivity contribution in [2.24, 2.45) is 5.92 Å². The molecule has 0 radical (unpaired) electrons. The average molecular weight is 413 g/mol. The maximum Gasteiger partial charge on any atom is 0.416 e. The molecular formula is C19H20ClF3N4O. The quantitative estimate of drug-likeness (QED) is 0.816. The van der Waals surface area contributed by atoms with Gasteiger partial charge in [-0.15, -0.1) is 10.2 Å². The third-order valence-corrected chi connectivity index (χ3v) is 5.03. The van der Waals surface area contributed by atoms with Crippen LogP contribution < -0.4 is 10.2 Å². The molecule has 2 aromatic rings. The van der Waals surface area contributed by atoms with E-state index < -0.39 is 11.7 Å². The van der Waals surface area contributed by atoms with Gasteiger partial charge in [-0.1, -0.05) is 23.7 Å². The van der Waals surface area contributed by atoms with Gasteiger partial charge < -0.3 is 10.2 Å². The molecule has 0 spiro atoms. The van der Waals surface area contributed by atoms with Gasteiger partial charge in [0.2, 0.25) is 5.91 Å². The Morgan fingerprint density at radius 2 is 1.93 bits per heavy atom. The number of carbonyl (C=O) groups excluding carboxylic acids is 1. The molecule has 1 amide bonds. The Morgan fingerprint density at radius 3 is 2.54 bits per heavy atom. The number of hydrogen-bond donors (Lipinski definition) is 1. The largest absolute Gasteiger partial charge is 0.416 e. The van der Waals surface area contributed by atoms with Crippen molar-refractivity contribution in [3.63, 3.8) is 0 Å². The molecule has 28 heavy (non-hydrogen) atoms. The van der Waals surface area contributed by atoms with Gasteiger partial charge in [0.25, 0.3) is 0 Å². The predicted molar refractivity (Wildman–Crippen MR) is 100.0 cm³/mol. The highest BCUT2D eigenvalue weighted by molar-refractivity contribution is 6.29. The van der Waals surface area contributed by atoms with Crippen LogP contribution in [0.4, 0.5) is 19.0 Å². The van der Waals surface area contributed by atoms with Gasteiger partial charge in [-0.05, 0) is 49.6 Å². The van der Waals surface area contributed by atoms with Crippen LogP contribution in [-0.4, -0.2) is 29.2 Å². The number of anilines is 1. The number of carbonyl (C=O) groups is 1. The number of piperidine rings is 1. The van der Waals surface area contributed by atoms with Crippen LogP contribution >= 0.6 is 11.6 Å². The maximum absolute atomic E-state index is 12.7. The molecule has 9 heteroatoms. The van der Waals surface area contributed by atoms with Gasteiger partial charge in [-0.2, -0.15) is 13.2 Å². The fourth-order valence-electron chi connectivity index (χ4n) is 3.25. The molecule has 0 bridgehead atoms. The van der Waals surface area contributed by atoms with Gasteiger partial charge >= 0.3 is 6.18 Å². The lowest BCUT2D eigenvalue weighted by molar-refractivity contribution is -0.137. The number of nitrogens with zero attached hydrogens (tertiary/aromatic N) is 3. The Morgan fingerprint density at radius 1 is 1.21 bits per heavy atom. The lowest BCUT2D eigenvalue weighted by atomic mass is 9.96. The van der Waals surface area contributed by atoms with E-state index in [0.29, 0.717) is 23.1 Å². The standard InChI is InChI=1S/C19H20ClF3N4O/c1-12(13-4-6-15(7-5-13)19(21,22)23)24-18(28)14-3-2-10-27(11-14)17-9-8-16(20)25-26-17/h4-9,12,14H,2-3,10-11H2,1H3,(H,24,28)/t12-,14+/m1/s1. The Kier molecular flexibility index (Phi) is 6.07. The lowest BCUT2D eigenvalue weighted by Crippen LogP contribution is -2.44. The summed E-state index contributed by atoms with van der Waals surface area (Å²) in [6.45, 7) is 3.03. The highest BCUT2D eigenvalue weighted by Crippen LogP contribution is 2.30. The van der Waals surface area contributed by atoms with E-state index in [-0.39, 0.29) is 17.9 Å². The molecule has 1 fully saturated rings. The summed E-state index contributed by atoms with van der Waals surface area (Å²) in [7, 11) is 0. The van der Waals surface area contributed by atoms with E-state index in [4.69, 9.17) is 11.6 Å². The third kappa shape index (κ3) is 4.92. The molecule has 1 aromatic heterocycles. The second-order valence-corrected chi connectivity index (χ2v) is 7.24. The summed E-state index contributed by atoms with van der Waals surface area (Å²) in [4.78, 5) is 14.7. The molecule has 0 saturated carbocycles. The molecule has 1 aliphatic heterocycles. The van der Waals surface area contributed by atoms with Gasteiger partial charge in [-0.3, -0.25) is 4.79 Å². The second kappa shape index (κ2) is 8.34. The Labute approximate surface area is 165 Å². The average Bonchev–Trinajstić information content (AvgIpc) is 2.68. The smallest absolute Gasteiger partial charge is 0.354 e. The van der Waals surface area contributed by atoms with Crippen molar-refractivity contribution in [3.8, 4) is 0 Å². The molecule has 1 aromatic carbocycles. The molecule has 2 atom stereocenters. The van der Waals surface area contributed by atoms with Gasteiger partial charge in [-0.25, -0.2) is 0 Å². The first-order valence-corrected chi connectivity index (χ1v) is 9.33. The zero-order valence-corrected chi connectivity index (χ0v) is 16.0. The SMILES string of the molecule is C[C@@H](NC(=O)[C@H]1CCCN(c2ccc(Cl)nn2)C1)c1ccc(C(F)(F)F)cc1. The first-order valence-electron chi connectivity index (χ1n) is 8.96. The summed E-state index contributed by atoms with van der Waals surface area (Å²) < 4.78 is 38.0. The van der Waals surface area contributed by atoms with E-state index in [9.17, 15) is 18.0 Å².